The molecule has 0 radical (unpaired) electrons. The van der Waals surface area contributed by atoms with Gasteiger partial charge in [-0.1, -0.05) is 50.2 Å². The summed E-state index contributed by atoms with van der Waals surface area (Å²) in [4.78, 5) is 27.9. The molecule has 1 atom stereocenters. The summed E-state index contributed by atoms with van der Waals surface area (Å²) >= 11 is 3.52. The third-order valence-electron chi connectivity index (χ3n) is 5.12. The van der Waals surface area contributed by atoms with E-state index >= 15 is 0 Å². The summed E-state index contributed by atoms with van der Waals surface area (Å²) in [5, 5.41) is 3.02. The third kappa shape index (κ3) is 7.97. The van der Waals surface area contributed by atoms with E-state index < -0.39 is 6.04 Å². The van der Waals surface area contributed by atoms with Crippen LogP contribution in [0.3, 0.4) is 0 Å². The highest BCUT2D eigenvalue weighted by molar-refractivity contribution is 9.10. The molecule has 0 aromatic heterocycles. The van der Waals surface area contributed by atoms with Gasteiger partial charge in [-0.25, -0.2) is 0 Å². The van der Waals surface area contributed by atoms with Crippen molar-refractivity contribution in [1.82, 2.24) is 10.2 Å². The van der Waals surface area contributed by atoms with Crippen LogP contribution < -0.4 is 10.1 Å². The molecule has 5 nitrogen and oxygen atoms in total. The van der Waals surface area contributed by atoms with E-state index in [-0.39, 0.29) is 24.0 Å². The van der Waals surface area contributed by atoms with E-state index in [1.807, 2.05) is 76.2 Å². The lowest BCUT2D eigenvalue weighted by Gasteiger charge is -2.33. The molecule has 0 bridgehead atoms. The standard InChI is InChI=1S/C26H35BrN2O3/c1-6-19-13-14-23(21(27)17-19)32-18-24(30)29(16-15-20-11-9-8-10-12-20)22(7-2)25(31)28-26(3,4)5/h8-14,17,22H,6-7,15-16,18H2,1-5H3,(H,28,31). The Hall–Kier alpha value is -2.34. The second-order valence-electron chi connectivity index (χ2n) is 8.89. The maximum absolute atomic E-state index is 13.2. The molecule has 1 unspecified atom stereocenters. The van der Waals surface area contributed by atoms with Crippen LogP contribution in [0, 0.1) is 0 Å². The van der Waals surface area contributed by atoms with E-state index in [0.29, 0.717) is 25.1 Å². The number of halogens is 1. The quantitative estimate of drug-likeness (QED) is 0.488. The minimum absolute atomic E-state index is 0.127. The third-order valence-corrected chi connectivity index (χ3v) is 5.74. The van der Waals surface area contributed by atoms with E-state index in [0.717, 1.165) is 16.5 Å². The number of hydrogen-bond donors (Lipinski definition) is 1. The maximum atomic E-state index is 13.2. The van der Waals surface area contributed by atoms with Crippen LogP contribution in [-0.2, 0) is 22.4 Å². The van der Waals surface area contributed by atoms with Gasteiger partial charge < -0.3 is 15.0 Å². The molecule has 0 heterocycles. The van der Waals surface area contributed by atoms with Crippen molar-refractivity contribution in [1.29, 1.82) is 0 Å². The van der Waals surface area contributed by atoms with Crippen LogP contribution in [-0.4, -0.2) is 41.4 Å². The highest BCUT2D eigenvalue weighted by Gasteiger charge is 2.30. The van der Waals surface area contributed by atoms with E-state index in [9.17, 15) is 9.59 Å². The first-order valence-corrected chi connectivity index (χ1v) is 12.0. The predicted molar refractivity (Wildman–Crippen MR) is 133 cm³/mol. The van der Waals surface area contributed by atoms with Gasteiger partial charge in [-0.2, -0.15) is 0 Å². The van der Waals surface area contributed by atoms with Gasteiger partial charge in [-0.15, -0.1) is 0 Å². The minimum atomic E-state index is -0.556. The van der Waals surface area contributed by atoms with Crippen molar-refractivity contribution in [3.8, 4) is 5.75 Å². The van der Waals surface area contributed by atoms with Crippen molar-refractivity contribution < 1.29 is 14.3 Å². The number of benzene rings is 2. The fourth-order valence-electron chi connectivity index (χ4n) is 3.45. The van der Waals surface area contributed by atoms with Crippen molar-refractivity contribution >= 4 is 27.7 Å². The molecule has 2 aromatic carbocycles. The summed E-state index contributed by atoms with van der Waals surface area (Å²) in [7, 11) is 0. The van der Waals surface area contributed by atoms with Crippen LogP contribution in [0.4, 0.5) is 0 Å². The second-order valence-corrected chi connectivity index (χ2v) is 9.75. The Morgan fingerprint density at radius 3 is 2.31 bits per heavy atom. The lowest BCUT2D eigenvalue weighted by atomic mass is 10.1. The number of hydrogen-bond acceptors (Lipinski definition) is 3. The van der Waals surface area contributed by atoms with Crippen molar-refractivity contribution in [2.45, 2.75) is 65.5 Å². The molecular formula is C26H35BrN2O3. The summed E-state index contributed by atoms with van der Waals surface area (Å²) in [6.07, 6.45) is 2.12. The largest absolute Gasteiger partial charge is 0.483 e. The molecule has 0 aliphatic heterocycles. The fourth-order valence-corrected chi connectivity index (χ4v) is 3.99. The zero-order valence-corrected chi connectivity index (χ0v) is 21.4. The van der Waals surface area contributed by atoms with Gasteiger partial charge in [-0.3, -0.25) is 9.59 Å². The smallest absolute Gasteiger partial charge is 0.261 e. The Bertz CT molecular complexity index is 894. The van der Waals surface area contributed by atoms with Gasteiger partial charge in [0.05, 0.1) is 4.47 Å². The number of aryl methyl sites for hydroxylation is 1. The molecule has 1 N–H and O–H groups in total. The molecule has 2 aromatic rings. The Balaban J connectivity index is 2.17. The zero-order valence-electron chi connectivity index (χ0n) is 19.8. The van der Waals surface area contributed by atoms with Crippen molar-refractivity contribution in [2.75, 3.05) is 13.2 Å². The average Bonchev–Trinajstić information content (AvgIpc) is 2.74. The lowest BCUT2D eigenvalue weighted by molar-refractivity contribution is -0.142. The van der Waals surface area contributed by atoms with E-state index in [2.05, 4.69) is 28.2 Å². The number of ether oxygens (including phenoxy) is 1. The molecule has 0 aliphatic carbocycles. The molecular weight excluding hydrogens is 468 g/mol. The fraction of sp³-hybridized carbons (Fsp3) is 0.462. The van der Waals surface area contributed by atoms with Crippen molar-refractivity contribution in [2.24, 2.45) is 0 Å². The normalized spacial score (nSPS) is 12.2. The number of rotatable bonds is 10. The first-order chi connectivity index (χ1) is 15.1. The molecule has 0 aliphatic rings. The molecule has 0 saturated carbocycles. The first-order valence-electron chi connectivity index (χ1n) is 11.2. The topological polar surface area (TPSA) is 58.6 Å². The molecule has 0 fully saturated rings. The van der Waals surface area contributed by atoms with E-state index in [4.69, 9.17) is 4.74 Å². The van der Waals surface area contributed by atoms with E-state index in [1.165, 1.54) is 5.56 Å². The summed E-state index contributed by atoms with van der Waals surface area (Å²) in [6.45, 7) is 10.1. The van der Waals surface area contributed by atoms with Crippen LogP contribution in [0.5, 0.6) is 5.75 Å². The molecule has 0 saturated heterocycles. The summed E-state index contributed by atoms with van der Waals surface area (Å²) in [6, 6.07) is 15.3. The van der Waals surface area contributed by atoms with Gasteiger partial charge in [0.1, 0.15) is 11.8 Å². The van der Waals surface area contributed by atoms with Gasteiger partial charge in [0, 0.05) is 12.1 Å². The van der Waals surface area contributed by atoms with Gasteiger partial charge >= 0.3 is 0 Å². The van der Waals surface area contributed by atoms with Gasteiger partial charge in [0.25, 0.3) is 5.91 Å². The van der Waals surface area contributed by atoms with Crippen LogP contribution in [0.15, 0.2) is 53.0 Å². The van der Waals surface area contributed by atoms with Crippen molar-refractivity contribution in [3.63, 3.8) is 0 Å². The highest BCUT2D eigenvalue weighted by Crippen LogP contribution is 2.26. The Morgan fingerprint density at radius 1 is 1.06 bits per heavy atom. The number of carbonyl (C=O) groups is 2. The van der Waals surface area contributed by atoms with Crippen LogP contribution in [0.2, 0.25) is 0 Å². The van der Waals surface area contributed by atoms with Gasteiger partial charge in [0.15, 0.2) is 6.61 Å². The Labute approximate surface area is 200 Å². The van der Waals surface area contributed by atoms with Crippen LogP contribution >= 0.6 is 15.9 Å². The highest BCUT2D eigenvalue weighted by atomic mass is 79.9. The molecule has 174 valence electrons. The van der Waals surface area contributed by atoms with Crippen molar-refractivity contribution in [3.05, 3.63) is 64.1 Å². The molecule has 2 amide bonds. The number of nitrogens with zero attached hydrogens (tertiary/aromatic N) is 1. The monoisotopic (exact) mass is 502 g/mol. The average molecular weight is 503 g/mol. The van der Waals surface area contributed by atoms with Crippen LogP contribution in [0.25, 0.3) is 0 Å². The molecule has 32 heavy (non-hydrogen) atoms. The summed E-state index contributed by atoms with van der Waals surface area (Å²) < 4.78 is 6.65. The SMILES string of the molecule is CCc1ccc(OCC(=O)N(CCc2ccccc2)C(CC)C(=O)NC(C)(C)C)c(Br)c1. The number of nitrogens with one attached hydrogen (secondary N) is 1. The zero-order chi connectivity index (χ0) is 23.7. The molecule has 6 heteroatoms. The lowest BCUT2D eigenvalue weighted by Crippen LogP contribution is -2.54. The summed E-state index contributed by atoms with van der Waals surface area (Å²) in [5.74, 6) is 0.268. The number of amides is 2. The molecule has 0 spiro atoms. The first kappa shape index (κ1) is 25.9. The minimum Gasteiger partial charge on any atom is -0.483 e. The summed E-state index contributed by atoms with van der Waals surface area (Å²) in [5.41, 5.74) is 1.93. The Kier molecular flexibility index (Phi) is 9.76. The van der Waals surface area contributed by atoms with Gasteiger partial charge in [-0.05, 0) is 79.2 Å². The Morgan fingerprint density at radius 2 is 1.75 bits per heavy atom. The molecule has 2 rings (SSSR count). The maximum Gasteiger partial charge on any atom is 0.261 e. The van der Waals surface area contributed by atoms with E-state index in [1.54, 1.807) is 4.90 Å². The van der Waals surface area contributed by atoms with Gasteiger partial charge in [0.2, 0.25) is 5.91 Å². The van der Waals surface area contributed by atoms with Crippen LogP contribution in [0.1, 0.15) is 52.2 Å². The second kappa shape index (κ2) is 12.0. The predicted octanol–water partition coefficient (Wildman–Crippen LogP) is 5.15. The number of carbonyl (C=O) groups excluding carboxylic acids is 2.